The predicted octanol–water partition coefficient (Wildman–Crippen LogP) is 4.67. The molecule has 4 atom stereocenters. The molecule has 0 amide bonds. The lowest BCUT2D eigenvalue weighted by Gasteiger charge is -2.38. The van der Waals surface area contributed by atoms with Gasteiger partial charge in [-0.05, 0) is 62.1 Å². The van der Waals surface area contributed by atoms with Crippen LogP contribution in [0, 0.1) is 18.8 Å². The van der Waals surface area contributed by atoms with Crippen LogP contribution in [0.2, 0.25) is 5.02 Å². The zero-order chi connectivity index (χ0) is 22.4. The van der Waals surface area contributed by atoms with E-state index in [4.69, 9.17) is 21.7 Å². The van der Waals surface area contributed by atoms with Crippen molar-refractivity contribution in [3.63, 3.8) is 0 Å². The summed E-state index contributed by atoms with van der Waals surface area (Å²) in [6, 6.07) is 10.7. The van der Waals surface area contributed by atoms with E-state index in [1.165, 1.54) is 24.8 Å². The summed E-state index contributed by atoms with van der Waals surface area (Å²) in [4.78, 5) is 16.3. The second kappa shape index (κ2) is 8.60. The second-order valence-corrected chi connectivity index (χ2v) is 10.2. The average molecular weight is 464 g/mol. The Bertz CT molecular complexity index is 1110. The standard InChI is InChI=1S/C25H30ClN7/c1-16-12-22(28-15-27-16)32-13-18-5-6-19(14-32)23(18)29-25-30-24-21(4-2-3-11-33(24)31-25)17-7-9-20(26)10-8-17/h7-10,12,15,18-19,21,23H,2-6,11,13-14H2,1H3,(H,29,31)/t18-,19+,21-,23?/m0/s1. The van der Waals surface area contributed by atoms with Crippen molar-refractivity contribution >= 4 is 23.4 Å². The number of fused-ring (bicyclic) bond motifs is 3. The van der Waals surface area contributed by atoms with E-state index < -0.39 is 0 Å². The summed E-state index contributed by atoms with van der Waals surface area (Å²) in [7, 11) is 0. The van der Waals surface area contributed by atoms with Gasteiger partial charge in [0.1, 0.15) is 18.0 Å². The lowest BCUT2D eigenvalue weighted by molar-refractivity contribution is 0.374. The second-order valence-electron chi connectivity index (χ2n) is 9.81. The zero-order valence-electron chi connectivity index (χ0n) is 19.0. The first-order valence-corrected chi connectivity index (χ1v) is 12.5. The number of nitrogens with one attached hydrogen (secondary N) is 1. The minimum atomic E-state index is 0.271. The molecular formula is C25H30ClN7. The van der Waals surface area contributed by atoms with Crippen LogP contribution < -0.4 is 10.2 Å². The molecule has 3 aliphatic rings. The van der Waals surface area contributed by atoms with Gasteiger partial charge in [-0.25, -0.2) is 14.6 Å². The van der Waals surface area contributed by atoms with Gasteiger partial charge in [0.05, 0.1) is 0 Å². The van der Waals surface area contributed by atoms with Crippen LogP contribution in [-0.2, 0) is 6.54 Å². The molecular weight excluding hydrogens is 434 g/mol. The van der Waals surface area contributed by atoms with Crippen molar-refractivity contribution in [1.29, 1.82) is 0 Å². The Morgan fingerprint density at radius 2 is 1.79 bits per heavy atom. The van der Waals surface area contributed by atoms with E-state index in [2.05, 4.69) is 43.1 Å². The van der Waals surface area contributed by atoms with Crippen LogP contribution in [0.3, 0.4) is 0 Å². The van der Waals surface area contributed by atoms with E-state index in [0.717, 1.165) is 60.8 Å². The van der Waals surface area contributed by atoms with E-state index in [0.29, 0.717) is 17.9 Å². The molecule has 2 fully saturated rings. The lowest BCUT2D eigenvalue weighted by Crippen LogP contribution is -2.48. The molecule has 0 radical (unpaired) electrons. The Hall–Kier alpha value is -2.67. The van der Waals surface area contributed by atoms with Crippen molar-refractivity contribution in [2.45, 2.75) is 57.5 Å². The van der Waals surface area contributed by atoms with E-state index in [9.17, 15) is 0 Å². The predicted molar refractivity (Wildman–Crippen MR) is 130 cm³/mol. The summed E-state index contributed by atoms with van der Waals surface area (Å²) < 4.78 is 2.13. The number of hydrogen-bond acceptors (Lipinski definition) is 6. The molecule has 1 saturated carbocycles. The molecule has 2 aliphatic heterocycles. The molecule has 1 unspecified atom stereocenters. The maximum absolute atomic E-state index is 6.13. The molecule has 8 heteroatoms. The van der Waals surface area contributed by atoms with E-state index >= 15 is 0 Å². The van der Waals surface area contributed by atoms with E-state index in [1.807, 2.05) is 19.1 Å². The summed E-state index contributed by atoms with van der Waals surface area (Å²) in [5.41, 5.74) is 2.29. The van der Waals surface area contributed by atoms with Gasteiger partial charge in [-0.3, -0.25) is 0 Å². The van der Waals surface area contributed by atoms with Crippen molar-refractivity contribution in [2.24, 2.45) is 11.8 Å². The first-order chi connectivity index (χ1) is 16.1. The third-order valence-electron chi connectivity index (χ3n) is 7.64. The first-order valence-electron chi connectivity index (χ1n) is 12.1. The lowest BCUT2D eigenvalue weighted by atomic mass is 9.92. The summed E-state index contributed by atoms with van der Waals surface area (Å²) in [6.45, 7) is 5.00. The molecule has 1 aliphatic carbocycles. The van der Waals surface area contributed by atoms with Gasteiger partial charge in [0.15, 0.2) is 0 Å². The van der Waals surface area contributed by atoms with Crippen molar-refractivity contribution in [2.75, 3.05) is 23.3 Å². The van der Waals surface area contributed by atoms with E-state index in [-0.39, 0.29) is 5.92 Å². The van der Waals surface area contributed by atoms with Gasteiger partial charge in [0.2, 0.25) is 5.95 Å². The minimum absolute atomic E-state index is 0.271. The Balaban J connectivity index is 1.21. The van der Waals surface area contributed by atoms with Gasteiger partial charge in [0.25, 0.3) is 0 Å². The molecule has 0 spiro atoms. The maximum Gasteiger partial charge on any atom is 0.242 e. The topological polar surface area (TPSA) is 71.8 Å². The first kappa shape index (κ1) is 20.9. The van der Waals surface area contributed by atoms with Crippen molar-refractivity contribution in [1.82, 2.24) is 24.7 Å². The molecule has 2 bridgehead atoms. The highest BCUT2D eigenvalue weighted by molar-refractivity contribution is 6.30. The van der Waals surface area contributed by atoms with Gasteiger partial charge in [-0.15, -0.1) is 5.10 Å². The molecule has 1 saturated heterocycles. The maximum atomic E-state index is 6.13. The molecule has 172 valence electrons. The van der Waals surface area contributed by atoms with Gasteiger partial charge >= 0.3 is 0 Å². The Morgan fingerprint density at radius 3 is 2.55 bits per heavy atom. The highest BCUT2D eigenvalue weighted by Gasteiger charge is 2.43. The largest absolute Gasteiger partial charge is 0.356 e. The van der Waals surface area contributed by atoms with Crippen LogP contribution >= 0.6 is 11.6 Å². The van der Waals surface area contributed by atoms with Crippen LogP contribution in [0.4, 0.5) is 11.8 Å². The molecule has 7 nitrogen and oxygen atoms in total. The summed E-state index contributed by atoms with van der Waals surface area (Å²) in [6.07, 6.45) is 7.58. The number of piperidine rings is 1. The fourth-order valence-corrected chi connectivity index (χ4v) is 6.12. The molecule has 6 rings (SSSR count). The van der Waals surface area contributed by atoms with Gasteiger partial charge < -0.3 is 10.2 Å². The highest BCUT2D eigenvalue weighted by Crippen LogP contribution is 2.40. The third kappa shape index (κ3) is 4.07. The Kier molecular flexibility index (Phi) is 5.45. The normalized spacial score (nSPS) is 26.7. The van der Waals surface area contributed by atoms with E-state index in [1.54, 1.807) is 6.33 Å². The van der Waals surface area contributed by atoms with Crippen LogP contribution in [0.15, 0.2) is 36.7 Å². The van der Waals surface area contributed by atoms with Crippen LogP contribution in [-0.4, -0.2) is 43.9 Å². The van der Waals surface area contributed by atoms with Gasteiger partial charge in [-0.1, -0.05) is 30.2 Å². The van der Waals surface area contributed by atoms with Crippen LogP contribution in [0.5, 0.6) is 0 Å². The van der Waals surface area contributed by atoms with Crippen LogP contribution in [0.25, 0.3) is 0 Å². The Labute approximate surface area is 199 Å². The number of aryl methyl sites for hydroxylation is 2. The number of benzene rings is 1. The highest BCUT2D eigenvalue weighted by atomic mass is 35.5. The summed E-state index contributed by atoms with van der Waals surface area (Å²) in [5, 5.41) is 9.45. The quantitative estimate of drug-likeness (QED) is 0.606. The molecule has 1 aromatic carbocycles. The molecule has 1 N–H and O–H groups in total. The smallest absolute Gasteiger partial charge is 0.242 e. The number of nitrogens with zero attached hydrogens (tertiary/aromatic N) is 6. The summed E-state index contributed by atoms with van der Waals surface area (Å²) >= 11 is 6.13. The fourth-order valence-electron chi connectivity index (χ4n) is 6.00. The summed E-state index contributed by atoms with van der Waals surface area (Å²) in [5.74, 6) is 4.35. The number of halogens is 1. The molecule has 2 aromatic heterocycles. The zero-order valence-corrected chi connectivity index (χ0v) is 19.7. The van der Waals surface area contributed by atoms with Crippen LogP contribution in [0.1, 0.15) is 55.1 Å². The number of aromatic nitrogens is 5. The molecule has 4 heterocycles. The monoisotopic (exact) mass is 463 g/mol. The van der Waals surface area contributed by atoms with Crippen molar-refractivity contribution in [3.05, 3.63) is 58.8 Å². The molecule has 3 aromatic rings. The Morgan fingerprint density at radius 1 is 1.00 bits per heavy atom. The fraction of sp³-hybridized carbons (Fsp3) is 0.520. The van der Waals surface area contributed by atoms with Crippen molar-refractivity contribution in [3.8, 4) is 0 Å². The SMILES string of the molecule is Cc1cc(N2C[C@H]3CC[C@@H](C2)C3Nc2nc3n(n2)CCCC[C@H]3c2ccc(Cl)cc2)ncn1. The third-order valence-corrected chi connectivity index (χ3v) is 7.89. The number of anilines is 2. The molecule has 33 heavy (non-hydrogen) atoms. The average Bonchev–Trinajstić information content (AvgIpc) is 3.22. The minimum Gasteiger partial charge on any atom is -0.356 e. The van der Waals surface area contributed by atoms with Gasteiger partial charge in [-0.2, -0.15) is 4.98 Å². The van der Waals surface area contributed by atoms with Gasteiger partial charge in [0, 0.05) is 48.4 Å². The number of hydrogen-bond donors (Lipinski definition) is 1. The van der Waals surface area contributed by atoms with Crippen molar-refractivity contribution < 1.29 is 0 Å². The number of rotatable bonds is 4.